The molecule has 0 amide bonds. The van der Waals surface area contributed by atoms with E-state index in [1.165, 1.54) is 5.57 Å². The molecule has 0 saturated heterocycles. The SMILES string of the molecule is CC=C(C)C(=O)OC1C2CC=C(C)C1C2(C)C. The van der Waals surface area contributed by atoms with Gasteiger partial charge in [0.05, 0.1) is 0 Å². The number of hydrogen-bond acceptors (Lipinski definition) is 2. The topological polar surface area (TPSA) is 26.3 Å². The molecule has 0 aliphatic heterocycles. The Kier molecular flexibility index (Phi) is 2.92. The number of carbonyl (C=O) groups excluding carboxylic acids is 1. The number of ether oxygens (including phenoxy) is 1. The molecule has 2 bridgehead atoms. The summed E-state index contributed by atoms with van der Waals surface area (Å²) in [5.41, 5.74) is 2.37. The number of rotatable bonds is 2. The highest BCUT2D eigenvalue weighted by atomic mass is 16.5. The minimum Gasteiger partial charge on any atom is -0.458 e. The zero-order valence-corrected chi connectivity index (χ0v) is 11.4. The highest BCUT2D eigenvalue weighted by Crippen LogP contribution is 2.60. The fourth-order valence-corrected chi connectivity index (χ4v) is 3.40. The molecule has 2 heteroatoms. The summed E-state index contributed by atoms with van der Waals surface area (Å²) in [5.74, 6) is 0.748. The van der Waals surface area contributed by atoms with E-state index in [0.29, 0.717) is 17.4 Å². The molecule has 0 aromatic carbocycles. The fraction of sp³-hybridized carbons (Fsp3) is 0.667. The molecule has 3 unspecified atom stereocenters. The van der Waals surface area contributed by atoms with Crippen molar-refractivity contribution in [1.29, 1.82) is 0 Å². The van der Waals surface area contributed by atoms with Gasteiger partial charge in [-0.1, -0.05) is 31.6 Å². The van der Waals surface area contributed by atoms with E-state index in [2.05, 4.69) is 26.8 Å². The standard InChI is InChI=1S/C15H22O2/c1-6-9(2)14(16)17-13-11-8-7-10(3)12(13)15(11,4)5/h6-7,11-13H,8H2,1-5H3. The summed E-state index contributed by atoms with van der Waals surface area (Å²) < 4.78 is 5.66. The van der Waals surface area contributed by atoms with E-state index in [1.807, 2.05) is 19.9 Å². The van der Waals surface area contributed by atoms with Gasteiger partial charge in [-0.15, -0.1) is 0 Å². The number of carbonyl (C=O) groups is 1. The number of esters is 1. The molecule has 3 aliphatic rings. The predicted octanol–water partition coefficient (Wildman–Crippen LogP) is 3.49. The summed E-state index contributed by atoms with van der Waals surface area (Å²) >= 11 is 0. The normalized spacial score (nSPS) is 34.8. The van der Waals surface area contributed by atoms with Gasteiger partial charge in [-0.2, -0.15) is 0 Å². The maximum atomic E-state index is 11.8. The van der Waals surface area contributed by atoms with Crippen LogP contribution >= 0.6 is 0 Å². The molecule has 1 saturated carbocycles. The lowest BCUT2D eigenvalue weighted by molar-refractivity contribution is -0.188. The van der Waals surface area contributed by atoms with E-state index in [-0.39, 0.29) is 17.5 Å². The highest BCUT2D eigenvalue weighted by Gasteiger charge is 2.60. The third-order valence-electron chi connectivity index (χ3n) is 4.66. The zero-order chi connectivity index (χ0) is 12.8. The van der Waals surface area contributed by atoms with E-state index in [9.17, 15) is 4.79 Å². The van der Waals surface area contributed by atoms with Crippen molar-refractivity contribution in [3.05, 3.63) is 23.3 Å². The lowest BCUT2D eigenvalue weighted by Crippen LogP contribution is -2.61. The molecule has 0 heterocycles. The van der Waals surface area contributed by atoms with Crippen molar-refractivity contribution in [2.24, 2.45) is 17.3 Å². The van der Waals surface area contributed by atoms with Gasteiger partial charge in [-0.25, -0.2) is 4.79 Å². The van der Waals surface area contributed by atoms with Crippen molar-refractivity contribution in [2.75, 3.05) is 0 Å². The largest absolute Gasteiger partial charge is 0.458 e. The van der Waals surface area contributed by atoms with Gasteiger partial charge in [0.2, 0.25) is 0 Å². The monoisotopic (exact) mass is 234 g/mol. The Morgan fingerprint density at radius 1 is 1.53 bits per heavy atom. The second kappa shape index (κ2) is 4.01. The van der Waals surface area contributed by atoms with Crippen molar-refractivity contribution in [3.8, 4) is 0 Å². The van der Waals surface area contributed by atoms with Crippen LogP contribution in [-0.4, -0.2) is 12.1 Å². The maximum Gasteiger partial charge on any atom is 0.333 e. The maximum absolute atomic E-state index is 11.8. The van der Waals surface area contributed by atoms with Crippen LogP contribution in [-0.2, 0) is 9.53 Å². The van der Waals surface area contributed by atoms with Crippen molar-refractivity contribution < 1.29 is 9.53 Å². The van der Waals surface area contributed by atoms with E-state index >= 15 is 0 Å². The number of fused-ring (bicyclic) bond motifs is 1. The van der Waals surface area contributed by atoms with Crippen LogP contribution in [0.4, 0.5) is 0 Å². The summed E-state index contributed by atoms with van der Waals surface area (Å²) in [6.45, 7) is 10.4. The Labute approximate surface area is 104 Å². The zero-order valence-electron chi connectivity index (χ0n) is 11.4. The Hall–Kier alpha value is -1.05. The second-order valence-corrected chi connectivity index (χ2v) is 5.93. The molecule has 2 nitrogen and oxygen atoms in total. The second-order valence-electron chi connectivity index (χ2n) is 5.93. The molecule has 0 radical (unpaired) electrons. The molecule has 0 aromatic heterocycles. The van der Waals surface area contributed by atoms with Crippen LogP contribution in [0.25, 0.3) is 0 Å². The molecule has 0 N–H and O–H groups in total. The van der Waals surface area contributed by atoms with Crippen LogP contribution < -0.4 is 0 Å². The van der Waals surface area contributed by atoms with Crippen molar-refractivity contribution in [2.45, 2.75) is 47.1 Å². The summed E-state index contributed by atoms with van der Waals surface area (Å²) in [6.07, 6.45) is 5.25. The van der Waals surface area contributed by atoms with Crippen LogP contribution in [0.15, 0.2) is 23.3 Å². The lowest BCUT2D eigenvalue weighted by Gasteiger charge is -2.60. The first-order valence-electron chi connectivity index (χ1n) is 6.40. The van der Waals surface area contributed by atoms with Crippen LogP contribution in [0.2, 0.25) is 0 Å². The first kappa shape index (κ1) is 12.4. The van der Waals surface area contributed by atoms with Gasteiger partial charge in [-0.05, 0) is 32.6 Å². The van der Waals surface area contributed by atoms with Gasteiger partial charge >= 0.3 is 5.97 Å². The Morgan fingerprint density at radius 3 is 2.65 bits per heavy atom. The fourth-order valence-electron chi connectivity index (χ4n) is 3.40. The third kappa shape index (κ3) is 1.74. The highest BCUT2D eigenvalue weighted by molar-refractivity contribution is 5.87. The van der Waals surface area contributed by atoms with Crippen molar-refractivity contribution >= 4 is 5.97 Å². The average molecular weight is 234 g/mol. The summed E-state index contributed by atoms with van der Waals surface area (Å²) in [7, 11) is 0. The van der Waals surface area contributed by atoms with Crippen LogP contribution in [0, 0.1) is 17.3 Å². The van der Waals surface area contributed by atoms with Gasteiger partial charge in [0.15, 0.2) is 0 Å². The molecule has 0 spiro atoms. The first-order chi connectivity index (χ1) is 7.89. The molecule has 3 atom stereocenters. The van der Waals surface area contributed by atoms with Gasteiger partial charge in [-0.3, -0.25) is 0 Å². The van der Waals surface area contributed by atoms with E-state index < -0.39 is 0 Å². The van der Waals surface area contributed by atoms with E-state index in [0.717, 1.165) is 6.42 Å². The average Bonchev–Trinajstić information content (AvgIpc) is 2.26. The van der Waals surface area contributed by atoms with E-state index in [4.69, 9.17) is 4.74 Å². The summed E-state index contributed by atoms with van der Waals surface area (Å²) in [5, 5.41) is 0. The van der Waals surface area contributed by atoms with Crippen LogP contribution in [0.1, 0.15) is 41.0 Å². The van der Waals surface area contributed by atoms with Gasteiger partial charge in [0.1, 0.15) is 6.10 Å². The van der Waals surface area contributed by atoms with Crippen LogP contribution in [0.5, 0.6) is 0 Å². The molecule has 1 fully saturated rings. The van der Waals surface area contributed by atoms with Crippen molar-refractivity contribution in [1.82, 2.24) is 0 Å². The predicted molar refractivity (Wildman–Crippen MR) is 68.4 cm³/mol. The lowest BCUT2D eigenvalue weighted by atomic mass is 9.47. The minimum absolute atomic E-state index is 0.0948. The van der Waals surface area contributed by atoms with Crippen molar-refractivity contribution in [3.63, 3.8) is 0 Å². The summed E-state index contributed by atoms with van der Waals surface area (Å²) in [4.78, 5) is 11.8. The molecule has 94 valence electrons. The number of allylic oxidation sites excluding steroid dienone is 2. The molecule has 3 rings (SSSR count). The summed E-state index contributed by atoms with van der Waals surface area (Å²) in [6, 6.07) is 0. The quantitative estimate of drug-likeness (QED) is 0.415. The van der Waals surface area contributed by atoms with Gasteiger partial charge in [0, 0.05) is 17.4 Å². The minimum atomic E-state index is -0.155. The Balaban J connectivity index is 2.12. The van der Waals surface area contributed by atoms with Crippen LogP contribution in [0.3, 0.4) is 0 Å². The molecular formula is C15H22O2. The molecular weight excluding hydrogens is 212 g/mol. The van der Waals surface area contributed by atoms with Gasteiger partial charge in [0.25, 0.3) is 0 Å². The molecule has 3 aliphatic carbocycles. The molecule has 0 aromatic rings. The Bertz CT molecular complexity index is 401. The third-order valence-corrected chi connectivity index (χ3v) is 4.66. The van der Waals surface area contributed by atoms with E-state index in [1.54, 1.807) is 0 Å². The smallest absolute Gasteiger partial charge is 0.333 e. The molecule has 17 heavy (non-hydrogen) atoms. The first-order valence-corrected chi connectivity index (χ1v) is 6.40. The van der Waals surface area contributed by atoms with Gasteiger partial charge < -0.3 is 4.74 Å². The number of hydrogen-bond donors (Lipinski definition) is 0. The Morgan fingerprint density at radius 2 is 2.18 bits per heavy atom.